The summed E-state index contributed by atoms with van der Waals surface area (Å²) >= 11 is 12.0. The van der Waals surface area contributed by atoms with Crippen molar-refractivity contribution in [3.05, 3.63) is 81.8 Å². The van der Waals surface area contributed by atoms with E-state index in [1.807, 2.05) is 0 Å². The lowest BCUT2D eigenvalue weighted by molar-refractivity contribution is 0.146. The first-order valence-electron chi connectivity index (χ1n) is 8.08. The second kappa shape index (κ2) is 11.0. The molecule has 0 saturated heterocycles. The Bertz CT molecular complexity index is 975. The van der Waals surface area contributed by atoms with Crippen molar-refractivity contribution in [1.29, 1.82) is 0 Å². The number of nitrogens with zero attached hydrogens (tertiary/aromatic N) is 1. The van der Waals surface area contributed by atoms with E-state index in [0.717, 1.165) is 6.20 Å². The van der Waals surface area contributed by atoms with Crippen molar-refractivity contribution in [2.24, 2.45) is 5.73 Å². The van der Waals surface area contributed by atoms with Crippen LogP contribution in [0.1, 0.15) is 23.3 Å². The quantitative estimate of drug-likeness (QED) is 0.486. The van der Waals surface area contributed by atoms with Crippen LogP contribution in [0, 0.1) is 5.82 Å². The van der Waals surface area contributed by atoms with Gasteiger partial charge < -0.3 is 15.6 Å². The number of ether oxygens (including phenoxy) is 1. The third kappa shape index (κ3) is 5.72. The first kappa shape index (κ1) is 25.4. The van der Waals surface area contributed by atoms with E-state index in [1.54, 1.807) is 42.6 Å². The SMILES string of the molecule is COc1cc([C@@H](O)[C@@H](N)c2ccc(Cl)c(Cl)c2)ccc1-c1cncc(F)c1.Cl.Cl. The van der Waals surface area contributed by atoms with Crippen molar-refractivity contribution < 1.29 is 14.2 Å². The fourth-order valence-corrected chi connectivity index (χ4v) is 3.11. The Morgan fingerprint density at radius 1 is 1.00 bits per heavy atom. The lowest BCUT2D eigenvalue weighted by atomic mass is 9.94. The summed E-state index contributed by atoms with van der Waals surface area (Å²) in [7, 11) is 1.50. The fraction of sp³-hybridized carbons (Fsp3) is 0.150. The largest absolute Gasteiger partial charge is 0.496 e. The van der Waals surface area contributed by atoms with Gasteiger partial charge in [-0.25, -0.2) is 4.39 Å². The van der Waals surface area contributed by atoms with Crippen LogP contribution in [0.5, 0.6) is 5.75 Å². The lowest BCUT2D eigenvalue weighted by Gasteiger charge is -2.21. The number of nitrogens with two attached hydrogens (primary N) is 1. The van der Waals surface area contributed by atoms with Crippen molar-refractivity contribution >= 4 is 48.0 Å². The molecule has 3 rings (SSSR count). The van der Waals surface area contributed by atoms with Crippen LogP contribution in [0.3, 0.4) is 0 Å². The van der Waals surface area contributed by atoms with Gasteiger partial charge in [-0.05, 0) is 35.4 Å². The van der Waals surface area contributed by atoms with Crippen LogP contribution in [0.2, 0.25) is 10.0 Å². The Labute approximate surface area is 190 Å². The van der Waals surface area contributed by atoms with Gasteiger partial charge in [-0.15, -0.1) is 24.8 Å². The highest BCUT2D eigenvalue weighted by Crippen LogP contribution is 2.36. The molecule has 4 nitrogen and oxygen atoms in total. The third-order valence-electron chi connectivity index (χ3n) is 4.25. The number of benzene rings is 2. The Morgan fingerprint density at radius 2 is 1.69 bits per heavy atom. The van der Waals surface area contributed by atoms with Crippen LogP contribution < -0.4 is 10.5 Å². The molecular formula is C20H19Cl4FN2O2. The first-order chi connectivity index (χ1) is 12.9. The standard InChI is InChI=1S/C20H17Cl2FN2O2.2ClH/c1-27-18-8-12(2-4-15(18)13-6-14(23)10-25-9-13)20(26)19(24)11-3-5-16(21)17(22)7-11;;/h2-10,19-20,26H,24H2,1H3;2*1H/t19-,20+;;/m0../s1. The van der Waals surface area contributed by atoms with Gasteiger partial charge in [-0.2, -0.15) is 0 Å². The molecule has 1 heterocycles. The molecule has 0 amide bonds. The van der Waals surface area contributed by atoms with E-state index in [9.17, 15) is 9.50 Å². The monoisotopic (exact) mass is 478 g/mol. The van der Waals surface area contributed by atoms with Gasteiger partial charge in [-0.3, -0.25) is 4.98 Å². The smallest absolute Gasteiger partial charge is 0.142 e. The van der Waals surface area contributed by atoms with Gasteiger partial charge in [0.15, 0.2) is 0 Å². The summed E-state index contributed by atoms with van der Waals surface area (Å²) < 4.78 is 18.9. The molecule has 1 aromatic heterocycles. The van der Waals surface area contributed by atoms with E-state index < -0.39 is 18.0 Å². The van der Waals surface area contributed by atoms with Crippen LogP contribution in [0.4, 0.5) is 4.39 Å². The number of hydrogen-bond acceptors (Lipinski definition) is 4. The van der Waals surface area contributed by atoms with Gasteiger partial charge in [0, 0.05) is 17.3 Å². The minimum absolute atomic E-state index is 0. The van der Waals surface area contributed by atoms with Crippen molar-refractivity contribution in [3.8, 4) is 16.9 Å². The van der Waals surface area contributed by atoms with Gasteiger partial charge in [0.05, 0.1) is 35.5 Å². The normalized spacial score (nSPS) is 12.3. The van der Waals surface area contributed by atoms with Crippen LogP contribution in [-0.4, -0.2) is 17.2 Å². The van der Waals surface area contributed by atoms with Crippen molar-refractivity contribution in [2.75, 3.05) is 7.11 Å². The lowest BCUT2D eigenvalue weighted by Crippen LogP contribution is -2.19. The Kier molecular flexibility index (Phi) is 9.62. The number of methoxy groups -OCH3 is 1. The summed E-state index contributed by atoms with van der Waals surface area (Å²) in [5.41, 5.74) is 8.63. The van der Waals surface area contributed by atoms with Gasteiger partial charge in [-0.1, -0.05) is 41.4 Å². The number of aliphatic hydroxyl groups is 1. The van der Waals surface area contributed by atoms with Crippen LogP contribution in [0.15, 0.2) is 54.9 Å². The minimum atomic E-state index is -1.00. The molecule has 3 N–H and O–H groups in total. The van der Waals surface area contributed by atoms with Crippen LogP contribution in [-0.2, 0) is 0 Å². The summed E-state index contributed by atoms with van der Waals surface area (Å²) in [5.74, 6) is 0.0283. The second-order valence-electron chi connectivity index (χ2n) is 6.00. The number of halogens is 5. The molecule has 0 aliphatic carbocycles. The molecule has 3 aromatic rings. The van der Waals surface area contributed by atoms with Crippen molar-refractivity contribution in [3.63, 3.8) is 0 Å². The molecule has 0 aliphatic heterocycles. The van der Waals surface area contributed by atoms with E-state index >= 15 is 0 Å². The molecule has 0 radical (unpaired) electrons. The summed E-state index contributed by atoms with van der Waals surface area (Å²) in [6.45, 7) is 0. The average Bonchev–Trinajstić information content (AvgIpc) is 2.68. The molecule has 2 atom stereocenters. The second-order valence-corrected chi connectivity index (χ2v) is 6.81. The highest BCUT2D eigenvalue weighted by atomic mass is 35.5. The average molecular weight is 480 g/mol. The number of aliphatic hydroxyl groups excluding tert-OH is 1. The summed E-state index contributed by atoms with van der Waals surface area (Å²) in [6.07, 6.45) is 1.67. The maximum Gasteiger partial charge on any atom is 0.142 e. The Hall–Kier alpha value is -1.60. The van der Waals surface area contributed by atoms with Crippen LogP contribution in [0.25, 0.3) is 11.1 Å². The van der Waals surface area contributed by atoms with Crippen molar-refractivity contribution in [1.82, 2.24) is 4.98 Å². The first-order valence-corrected chi connectivity index (χ1v) is 8.83. The van der Waals surface area contributed by atoms with Crippen LogP contribution >= 0.6 is 48.0 Å². The molecule has 29 heavy (non-hydrogen) atoms. The zero-order chi connectivity index (χ0) is 19.6. The molecule has 0 bridgehead atoms. The summed E-state index contributed by atoms with van der Waals surface area (Å²) in [5, 5.41) is 11.5. The summed E-state index contributed by atoms with van der Waals surface area (Å²) in [6, 6.07) is 10.7. The number of aromatic nitrogens is 1. The number of hydrogen-bond donors (Lipinski definition) is 2. The third-order valence-corrected chi connectivity index (χ3v) is 4.99. The van der Waals surface area contributed by atoms with E-state index in [4.69, 9.17) is 33.7 Å². The molecule has 156 valence electrons. The number of pyridine rings is 1. The van der Waals surface area contributed by atoms with Gasteiger partial charge in [0.2, 0.25) is 0 Å². The molecule has 2 aromatic carbocycles. The molecule has 0 fully saturated rings. The van der Waals surface area contributed by atoms with Gasteiger partial charge >= 0.3 is 0 Å². The van der Waals surface area contributed by atoms with E-state index in [0.29, 0.717) is 38.0 Å². The Morgan fingerprint density at radius 3 is 2.31 bits per heavy atom. The highest BCUT2D eigenvalue weighted by Gasteiger charge is 2.21. The molecular weight excluding hydrogens is 461 g/mol. The molecule has 0 unspecified atom stereocenters. The van der Waals surface area contributed by atoms with E-state index in [2.05, 4.69) is 4.98 Å². The Balaban J connectivity index is 0.00000210. The predicted octanol–water partition coefficient (Wildman–Crippen LogP) is 5.78. The maximum atomic E-state index is 13.5. The van der Waals surface area contributed by atoms with Crippen molar-refractivity contribution in [2.45, 2.75) is 12.1 Å². The van der Waals surface area contributed by atoms with E-state index in [-0.39, 0.29) is 24.8 Å². The fourth-order valence-electron chi connectivity index (χ4n) is 2.80. The summed E-state index contributed by atoms with van der Waals surface area (Å²) in [4.78, 5) is 3.85. The zero-order valence-electron chi connectivity index (χ0n) is 15.2. The molecule has 0 saturated carbocycles. The topological polar surface area (TPSA) is 68.4 Å². The van der Waals surface area contributed by atoms with Gasteiger partial charge in [0.1, 0.15) is 11.6 Å². The number of rotatable bonds is 5. The molecule has 0 spiro atoms. The predicted molar refractivity (Wildman–Crippen MR) is 119 cm³/mol. The van der Waals surface area contributed by atoms with E-state index in [1.165, 1.54) is 13.2 Å². The van der Waals surface area contributed by atoms with Gasteiger partial charge in [0.25, 0.3) is 0 Å². The maximum absolute atomic E-state index is 13.5. The minimum Gasteiger partial charge on any atom is -0.496 e. The zero-order valence-corrected chi connectivity index (χ0v) is 18.3. The highest BCUT2D eigenvalue weighted by molar-refractivity contribution is 6.42. The molecule has 0 aliphatic rings. The molecule has 9 heteroatoms.